The molecule has 10 nitrogen and oxygen atoms in total. The van der Waals surface area contributed by atoms with Crippen LogP contribution in [0.5, 0.6) is 0 Å². The highest BCUT2D eigenvalue weighted by Gasteiger charge is 2.33. The average molecular weight is 382 g/mol. The molecular formula is C16H34N2O8. The molecule has 1 aliphatic heterocycles. The number of aliphatic hydroxyl groups excluding tert-OH is 8. The Bertz CT molecular complexity index is 346. The predicted octanol–water partition coefficient (Wildman–Crippen LogP) is -4.42. The molecule has 0 amide bonds. The van der Waals surface area contributed by atoms with Gasteiger partial charge in [0.2, 0.25) is 0 Å². The molecule has 1 heterocycles. The Labute approximate surface area is 153 Å². The minimum atomic E-state index is -1.46. The quantitative estimate of drug-likeness (QED) is 0.151. The fourth-order valence-corrected chi connectivity index (χ4v) is 3.14. The topological polar surface area (TPSA) is 177 Å². The van der Waals surface area contributed by atoms with Crippen LogP contribution in [0, 0.1) is 0 Å². The molecule has 1 saturated heterocycles. The van der Waals surface area contributed by atoms with Gasteiger partial charge in [-0.25, -0.2) is 0 Å². The van der Waals surface area contributed by atoms with Crippen LogP contribution in [0.15, 0.2) is 0 Å². The lowest BCUT2D eigenvalue weighted by Crippen LogP contribution is -2.53. The molecule has 0 aliphatic carbocycles. The molecule has 10 heteroatoms. The van der Waals surface area contributed by atoms with Crippen LogP contribution in [-0.4, -0.2) is 128 Å². The zero-order valence-corrected chi connectivity index (χ0v) is 14.9. The normalized spacial score (nSPS) is 25.0. The zero-order chi connectivity index (χ0) is 19.7. The van der Waals surface area contributed by atoms with E-state index in [4.69, 9.17) is 10.2 Å². The van der Waals surface area contributed by atoms with Gasteiger partial charge in [0.15, 0.2) is 0 Å². The fourth-order valence-electron chi connectivity index (χ4n) is 3.14. The van der Waals surface area contributed by atoms with E-state index in [9.17, 15) is 30.6 Å². The highest BCUT2D eigenvalue weighted by molar-refractivity contribution is 4.88. The summed E-state index contributed by atoms with van der Waals surface area (Å²) in [5, 5.41) is 80.6. The first-order chi connectivity index (χ1) is 12.3. The van der Waals surface area contributed by atoms with Crippen molar-refractivity contribution in [3.8, 4) is 0 Å². The third-order valence-corrected chi connectivity index (χ3v) is 4.82. The van der Waals surface area contributed by atoms with E-state index < -0.39 is 36.6 Å². The van der Waals surface area contributed by atoms with Crippen molar-refractivity contribution in [1.29, 1.82) is 0 Å². The number of rotatable bonds is 13. The Hall–Kier alpha value is -0.400. The second-order valence-electron chi connectivity index (χ2n) is 6.88. The molecule has 26 heavy (non-hydrogen) atoms. The second kappa shape index (κ2) is 12.1. The number of aliphatic hydroxyl groups is 8. The summed E-state index contributed by atoms with van der Waals surface area (Å²) >= 11 is 0. The van der Waals surface area contributed by atoms with Gasteiger partial charge < -0.3 is 46.2 Å². The van der Waals surface area contributed by atoms with Crippen molar-refractivity contribution in [2.45, 2.75) is 61.9 Å². The Morgan fingerprint density at radius 3 is 1.58 bits per heavy atom. The summed E-state index contributed by atoms with van der Waals surface area (Å²) in [7, 11) is 0. The number of nitrogens with zero attached hydrogens (tertiary/aromatic N) is 1. The molecule has 0 aromatic rings. The van der Waals surface area contributed by atoms with E-state index >= 15 is 0 Å². The molecule has 1 aliphatic rings. The average Bonchev–Trinajstić information content (AvgIpc) is 3.14. The summed E-state index contributed by atoms with van der Waals surface area (Å²) in [6, 6.07) is -0.0522. The maximum Gasteiger partial charge on any atom is 0.107 e. The fraction of sp³-hybridized carbons (Fsp3) is 1.00. The van der Waals surface area contributed by atoms with E-state index in [-0.39, 0.29) is 45.2 Å². The largest absolute Gasteiger partial charge is 0.396 e. The predicted molar refractivity (Wildman–Crippen MR) is 92.3 cm³/mol. The lowest BCUT2D eigenvalue weighted by atomic mass is 10.0. The van der Waals surface area contributed by atoms with Crippen molar-refractivity contribution in [1.82, 2.24) is 10.2 Å². The smallest absolute Gasteiger partial charge is 0.107 e. The van der Waals surface area contributed by atoms with Crippen molar-refractivity contribution in [2.24, 2.45) is 0 Å². The van der Waals surface area contributed by atoms with Crippen molar-refractivity contribution in [3.05, 3.63) is 0 Å². The first-order valence-electron chi connectivity index (χ1n) is 9.06. The summed E-state index contributed by atoms with van der Waals surface area (Å²) in [5.41, 5.74) is 0. The van der Waals surface area contributed by atoms with Crippen molar-refractivity contribution < 1.29 is 40.9 Å². The lowest BCUT2D eigenvalue weighted by molar-refractivity contribution is -0.0966. The van der Waals surface area contributed by atoms with E-state index in [0.29, 0.717) is 6.54 Å². The molecule has 7 atom stereocenters. The standard InChI is InChI=1S/C16H34N2O8/c19-5-2-11(21)15(25)13(23)8-18(10-1-4-17-7-10)9-14(24)16(26)12(22)3-6-20/h10-17,19-26H,1-9H2/t10-,11+,12+,13-,14-,15-,16-/m0/s1. The first kappa shape index (κ1) is 23.6. The Kier molecular flexibility index (Phi) is 11.0. The van der Waals surface area contributed by atoms with Gasteiger partial charge in [-0.3, -0.25) is 4.90 Å². The van der Waals surface area contributed by atoms with Gasteiger partial charge in [-0.1, -0.05) is 0 Å². The van der Waals surface area contributed by atoms with Gasteiger partial charge in [-0.15, -0.1) is 0 Å². The molecule has 0 saturated carbocycles. The van der Waals surface area contributed by atoms with Crippen molar-refractivity contribution >= 4 is 0 Å². The summed E-state index contributed by atoms with van der Waals surface area (Å²) in [5.74, 6) is 0. The maximum atomic E-state index is 10.2. The number of hydrogen-bond acceptors (Lipinski definition) is 10. The van der Waals surface area contributed by atoms with E-state index in [1.807, 2.05) is 0 Å². The van der Waals surface area contributed by atoms with Crippen molar-refractivity contribution in [3.63, 3.8) is 0 Å². The molecule has 9 N–H and O–H groups in total. The highest BCUT2D eigenvalue weighted by Crippen LogP contribution is 2.15. The summed E-state index contributed by atoms with van der Waals surface area (Å²) in [6.45, 7) is 0.582. The molecule has 0 spiro atoms. The molecule has 0 bridgehead atoms. The number of hydrogen-bond donors (Lipinski definition) is 9. The van der Waals surface area contributed by atoms with E-state index in [1.165, 1.54) is 0 Å². The molecule has 0 aromatic heterocycles. The van der Waals surface area contributed by atoms with Crippen LogP contribution in [0.25, 0.3) is 0 Å². The monoisotopic (exact) mass is 382 g/mol. The van der Waals surface area contributed by atoms with Gasteiger partial charge in [0.05, 0.1) is 24.4 Å². The van der Waals surface area contributed by atoms with E-state index in [1.54, 1.807) is 4.90 Å². The maximum absolute atomic E-state index is 10.2. The third-order valence-electron chi connectivity index (χ3n) is 4.82. The summed E-state index contributed by atoms with van der Waals surface area (Å²) in [4.78, 5) is 1.69. The van der Waals surface area contributed by atoms with E-state index in [0.717, 1.165) is 13.0 Å². The van der Waals surface area contributed by atoms with Gasteiger partial charge in [-0.2, -0.15) is 0 Å². The zero-order valence-electron chi connectivity index (χ0n) is 14.9. The minimum absolute atomic E-state index is 0.0522. The van der Waals surface area contributed by atoms with Crippen LogP contribution in [-0.2, 0) is 0 Å². The first-order valence-corrected chi connectivity index (χ1v) is 9.06. The molecule has 1 fully saturated rings. The van der Waals surface area contributed by atoms with Gasteiger partial charge in [0.1, 0.15) is 12.2 Å². The SMILES string of the molecule is OCC[C@@H](O)[C@H](O)[C@@H](O)CN(C[C@H](O)[C@@H](O)[C@H](O)CCO)[C@H]1CCNC1. The van der Waals surface area contributed by atoms with Gasteiger partial charge in [0.25, 0.3) is 0 Å². The molecular weight excluding hydrogens is 348 g/mol. The highest BCUT2D eigenvalue weighted by atomic mass is 16.4. The van der Waals surface area contributed by atoms with Gasteiger partial charge in [-0.05, 0) is 25.8 Å². The van der Waals surface area contributed by atoms with Crippen LogP contribution in [0.4, 0.5) is 0 Å². The van der Waals surface area contributed by atoms with E-state index in [2.05, 4.69) is 5.32 Å². The third kappa shape index (κ3) is 7.31. The summed E-state index contributed by atoms with van der Waals surface area (Å²) < 4.78 is 0. The lowest BCUT2D eigenvalue weighted by Gasteiger charge is -2.35. The van der Waals surface area contributed by atoms with Crippen molar-refractivity contribution in [2.75, 3.05) is 39.4 Å². The van der Waals surface area contributed by atoms with Crippen LogP contribution >= 0.6 is 0 Å². The second-order valence-corrected chi connectivity index (χ2v) is 6.88. The molecule has 0 radical (unpaired) electrons. The van der Waals surface area contributed by atoms with Crippen LogP contribution < -0.4 is 5.32 Å². The molecule has 156 valence electrons. The van der Waals surface area contributed by atoms with Gasteiger partial charge in [0, 0.05) is 38.9 Å². The summed E-state index contributed by atoms with van der Waals surface area (Å²) in [6.07, 6.45) is -7.50. The van der Waals surface area contributed by atoms with Crippen LogP contribution in [0.1, 0.15) is 19.3 Å². The molecule has 0 aromatic carbocycles. The Balaban J connectivity index is 2.69. The van der Waals surface area contributed by atoms with Crippen LogP contribution in [0.2, 0.25) is 0 Å². The van der Waals surface area contributed by atoms with Gasteiger partial charge >= 0.3 is 0 Å². The molecule has 1 rings (SSSR count). The Morgan fingerprint density at radius 2 is 1.23 bits per heavy atom. The molecule has 0 unspecified atom stereocenters. The number of nitrogens with one attached hydrogen (secondary N) is 1. The Morgan fingerprint density at radius 1 is 0.769 bits per heavy atom. The minimum Gasteiger partial charge on any atom is -0.396 e. The van der Waals surface area contributed by atoms with Crippen LogP contribution in [0.3, 0.4) is 0 Å².